The minimum absolute atomic E-state index is 0.152. The highest BCUT2D eigenvalue weighted by Crippen LogP contribution is 2.34. The molecule has 0 unspecified atom stereocenters. The maximum Gasteiger partial charge on any atom is 0.243 e. The van der Waals surface area contributed by atoms with Crippen LogP contribution < -0.4 is 0 Å². The molecule has 0 bridgehead atoms. The van der Waals surface area contributed by atoms with Crippen molar-refractivity contribution in [1.82, 2.24) is 40.1 Å². The maximum atomic E-state index is 5.46. The topological polar surface area (TPSA) is 89.0 Å². The minimum atomic E-state index is 0.152. The van der Waals surface area contributed by atoms with Gasteiger partial charge in [0.2, 0.25) is 5.89 Å². The lowest BCUT2D eigenvalue weighted by molar-refractivity contribution is 0.0823. The summed E-state index contributed by atoms with van der Waals surface area (Å²) in [6, 6.07) is 0.679. The van der Waals surface area contributed by atoms with Gasteiger partial charge in [0.05, 0.1) is 18.6 Å². The third kappa shape index (κ3) is 3.57. The van der Waals surface area contributed by atoms with Crippen molar-refractivity contribution in [2.45, 2.75) is 58.2 Å². The average molecular weight is 346 g/mol. The lowest BCUT2D eigenvalue weighted by Crippen LogP contribution is -2.47. The van der Waals surface area contributed by atoms with Gasteiger partial charge in [-0.05, 0) is 30.2 Å². The van der Waals surface area contributed by atoms with Crippen LogP contribution >= 0.6 is 0 Å². The summed E-state index contributed by atoms with van der Waals surface area (Å²) in [4.78, 5) is 9.36. The molecular weight excluding hydrogens is 320 g/mol. The smallest absolute Gasteiger partial charge is 0.243 e. The van der Waals surface area contributed by atoms with Crippen LogP contribution in [-0.4, -0.2) is 66.3 Å². The summed E-state index contributed by atoms with van der Waals surface area (Å²) in [7, 11) is 0. The number of aromatic nitrogens is 6. The van der Waals surface area contributed by atoms with Crippen molar-refractivity contribution in [2.75, 3.05) is 26.2 Å². The molecule has 3 heterocycles. The second-order valence-electron chi connectivity index (χ2n) is 7.40. The zero-order valence-electron chi connectivity index (χ0n) is 15.2. The van der Waals surface area contributed by atoms with Crippen LogP contribution in [0.4, 0.5) is 0 Å². The van der Waals surface area contributed by atoms with E-state index < -0.39 is 0 Å². The monoisotopic (exact) mass is 346 g/mol. The van der Waals surface area contributed by atoms with Crippen molar-refractivity contribution < 1.29 is 4.52 Å². The fourth-order valence-electron chi connectivity index (χ4n) is 3.24. The molecule has 1 atom stereocenters. The molecule has 2 fully saturated rings. The third-order valence-electron chi connectivity index (χ3n) is 5.10. The summed E-state index contributed by atoms with van der Waals surface area (Å²) in [6.07, 6.45) is 2.40. The molecule has 4 rings (SSSR count). The number of tetrazole rings is 1. The summed E-state index contributed by atoms with van der Waals surface area (Å²) in [6.45, 7) is 11.1. The summed E-state index contributed by atoms with van der Waals surface area (Å²) in [5.74, 6) is 2.78. The number of hydrogen-bond acceptors (Lipinski definition) is 8. The summed E-state index contributed by atoms with van der Waals surface area (Å²) < 4.78 is 7.46. The van der Waals surface area contributed by atoms with E-state index in [0.29, 0.717) is 12.0 Å². The quantitative estimate of drug-likeness (QED) is 0.775. The molecule has 1 saturated heterocycles. The van der Waals surface area contributed by atoms with Crippen LogP contribution in [-0.2, 0) is 6.54 Å². The first-order valence-corrected chi connectivity index (χ1v) is 9.18. The molecule has 0 radical (unpaired) electrons. The standard InChI is InChI=1S/C16H26N8O/c1-11(2)15-17-16(25-19-15)12(3)23-8-6-22(7-9-23)10-14-18-20-21-24(14)13-4-5-13/h11-13H,4-10H2,1-3H3/t12-/m0/s1. The highest BCUT2D eigenvalue weighted by molar-refractivity contribution is 4.97. The Hall–Kier alpha value is -1.87. The molecule has 136 valence electrons. The Labute approximate surface area is 147 Å². The van der Waals surface area contributed by atoms with E-state index in [1.807, 2.05) is 4.68 Å². The van der Waals surface area contributed by atoms with E-state index in [1.165, 1.54) is 12.8 Å². The van der Waals surface area contributed by atoms with Gasteiger partial charge in [-0.15, -0.1) is 5.10 Å². The molecule has 9 heteroatoms. The maximum absolute atomic E-state index is 5.46. The van der Waals surface area contributed by atoms with E-state index in [4.69, 9.17) is 4.52 Å². The predicted octanol–water partition coefficient (Wildman–Crippen LogP) is 1.39. The zero-order valence-corrected chi connectivity index (χ0v) is 15.2. The van der Waals surface area contributed by atoms with Crippen molar-refractivity contribution in [1.29, 1.82) is 0 Å². The van der Waals surface area contributed by atoms with Gasteiger partial charge in [-0.25, -0.2) is 4.68 Å². The van der Waals surface area contributed by atoms with E-state index in [2.05, 4.69) is 56.2 Å². The van der Waals surface area contributed by atoms with Crippen LogP contribution in [0.5, 0.6) is 0 Å². The number of rotatable bonds is 6. The molecule has 0 N–H and O–H groups in total. The van der Waals surface area contributed by atoms with Crippen LogP contribution in [0.1, 0.15) is 69.2 Å². The SMILES string of the molecule is CC(C)c1noc([C@H](C)N2CCN(Cc3nnnn3C3CC3)CC2)n1. The summed E-state index contributed by atoms with van der Waals surface area (Å²) in [5.41, 5.74) is 0. The lowest BCUT2D eigenvalue weighted by atomic mass is 10.2. The molecule has 25 heavy (non-hydrogen) atoms. The molecule has 0 aromatic carbocycles. The van der Waals surface area contributed by atoms with Crippen LogP contribution in [0, 0.1) is 0 Å². The predicted molar refractivity (Wildman–Crippen MR) is 89.7 cm³/mol. The van der Waals surface area contributed by atoms with Gasteiger partial charge in [0.15, 0.2) is 11.6 Å². The lowest BCUT2D eigenvalue weighted by Gasteiger charge is -2.36. The second kappa shape index (κ2) is 6.80. The Morgan fingerprint density at radius 1 is 1.12 bits per heavy atom. The van der Waals surface area contributed by atoms with Gasteiger partial charge in [-0.2, -0.15) is 4.98 Å². The van der Waals surface area contributed by atoms with Crippen molar-refractivity contribution in [3.05, 3.63) is 17.5 Å². The van der Waals surface area contributed by atoms with Crippen LogP contribution in [0.2, 0.25) is 0 Å². The van der Waals surface area contributed by atoms with Gasteiger partial charge in [-0.3, -0.25) is 9.80 Å². The second-order valence-corrected chi connectivity index (χ2v) is 7.40. The molecule has 0 spiro atoms. The Balaban J connectivity index is 1.32. The first-order chi connectivity index (χ1) is 12.1. The number of nitrogens with zero attached hydrogens (tertiary/aromatic N) is 8. The Bertz CT molecular complexity index is 699. The Kier molecular flexibility index (Phi) is 4.51. The Morgan fingerprint density at radius 3 is 2.52 bits per heavy atom. The summed E-state index contributed by atoms with van der Waals surface area (Å²) >= 11 is 0. The first kappa shape index (κ1) is 16.6. The molecule has 0 amide bonds. The van der Waals surface area contributed by atoms with Crippen molar-refractivity contribution in [2.24, 2.45) is 0 Å². The highest BCUT2D eigenvalue weighted by Gasteiger charge is 2.30. The third-order valence-corrected chi connectivity index (χ3v) is 5.10. The fraction of sp³-hybridized carbons (Fsp3) is 0.812. The van der Waals surface area contributed by atoms with Gasteiger partial charge < -0.3 is 4.52 Å². The molecule has 9 nitrogen and oxygen atoms in total. The Morgan fingerprint density at radius 2 is 1.88 bits per heavy atom. The van der Waals surface area contributed by atoms with Gasteiger partial charge in [0, 0.05) is 32.1 Å². The molecular formula is C16H26N8O. The molecule has 1 aliphatic heterocycles. The number of hydrogen-bond donors (Lipinski definition) is 0. The van der Waals surface area contributed by atoms with E-state index in [9.17, 15) is 0 Å². The molecule has 2 aliphatic rings. The van der Waals surface area contributed by atoms with E-state index >= 15 is 0 Å². The fourth-order valence-corrected chi connectivity index (χ4v) is 3.24. The van der Waals surface area contributed by atoms with Crippen LogP contribution in [0.15, 0.2) is 4.52 Å². The average Bonchev–Trinajstić information content (AvgIpc) is 3.15. The van der Waals surface area contributed by atoms with E-state index in [-0.39, 0.29) is 6.04 Å². The molecule has 2 aromatic rings. The van der Waals surface area contributed by atoms with Gasteiger partial charge >= 0.3 is 0 Å². The van der Waals surface area contributed by atoms with E-state index in [0.717, 1.165) is 50.3 Å². The summed E-state index contributed by atoms with van der Waals surface area (Å²) in [5, 5.41) is 16.3. The normalized spacial score (nSPS) is 21.1. The van der Waals surface area contributed by atoms with E-state index in [1.54, 1.807) is 0 Å². The van der Waals surface area contributed by atoms with Crippen LogP contribution in [0.25, 0.3) is 0 Å². The van der Waals surface area contributed by atoms with Crippen molar-refractivity contribution in [3.8, 4) is 0 Å². The molecule has 1 saturated carbocycles. The number of piperazine rings is 1. The van der Waals surface area contributed by atoms with Gasteiger partial charge in [-0.1, -0.05) is 19.0 Å². The molecule has 2 aromatic heterocycles. The van der Waals surface area contributed by atoms with Crippen molar-refractivity contribution in [3.63, 3.8) is 0 Å². The minimum Gasteiger partial charge on any atom is -0.338 e. The molecule has 1 aliphatic carbocycles. The first-order valence-electron chi connectivity index (χ1n) is 9.18. The zero-order chi connectivity index (χ0) is 17.4. The van der Waals surface area contributed by atoms with Crippen LogP contribution in [0.3, 0.4) is 0 Å². The largest absolute Gasteiger partial charge is 0.338 e. The van der Waals surface area contributed by atoms with Gasteiger partial charge in [0.1, 0.15) is 0 Å². The van der Waals surface area contributed by atoms with Crippen molar-refractivity contribution >= 4 is 0 Å². The highest BCUT2D eigenvalue weighted by atomic mass is 16.5. The van der Waals surface area contributed by atoms with Gasteiger partial charge in [0.25, 0.3) is 0 Å².